The summed E-state index contributed by atoms with van der Waals surface area (Å²) in [7, 11) is 0. The summed E-state index contributed by atoms with van der Waals surface area (Å²) in [6.45, 7) is 2.17. The van der Waals surface area contributed by atoms with Crippen LogP contribution in [0.15, 0.2) is 59.5 Å². The van der Waals surface area contributed by atoms with Gasteiger partial charge in [-0.05, 0) is 42.7 Å². The van der Waals surface area contributed by atoms with E-state index in [1.165, 1.54) is 5.56 Å². The maximum Gasteiger partial charge on any atom is 0.220 e. The minimum atomic E-state index is -0.0154. The highest BCUT2D eigenvalue weighted by Crippen LogP contribution is 2.34. The van der Waals surface area contributed by atoms with Crippen molar-refractivity contribution in [3.8, 4) is 0 Å². The van der Waals surface area contributed by atoms with Crippen molar-refractivity contribution in [3.05, 3.63) is 65.2 Å². The minimum Gasteiger partial charge on any atom is -0.381 e. The van der Waals surface area contributed by atoms with Gasteiger partial charge in [-0.2, -0.15) is 0 Å². The third-order valence-electron chi connectivity index (χ3n) is 4.87. The fourth-order valence-electron chi connectivity index (χ4n) is 3.27. The summed E-state index contributed by atoms with van der Waals surface area (Å²) in [4.78, 5) is 13.5. The summed E-state index contributed by atoms with van der Waals surface area (Å²) in [5.74, 6) is 0.864. The van der Waals surface area contributed by atoms with Crippen LogP contribution in [-0.2, 0) is 14.9 Å². The lowest BCUT2D eigenvalue weighted by Crippen LogP contribution is -2.44. The average molecular weight is 390 g/mol. The predicted octanol–water partition coefficient (Wildman–Crippen LogP) is 4.69. The Balaban J connectivity index is 1.50. The van der Waals surface area contributed by atoms with E-state index in [1.807, 2.05) is 30.3 Å². The molecule has 1 amide bonds. The molecule has 0 saturated carbocycles. The van der Waals surface area contributed by atoms with Crippen LogP contribution in [0.3, 0.4) is 0 Å². The summed E-state index contributed by atoms with van der Waals surface area (Å²) in [6, 6.07) is 18.2. The van der Waals surface area contributed by atoms with Gasteiger partial charge in [0.15, 0.2) is 0 Å². The molecule has 0 bridgehead atoms. The van der Waals surface area contributed by atoms with Gasteiger partial charge in [-0.15, -0.1) is 11.8 Å². The van der Waals surface area contributed by atoms with Gasteiger partial charge in [0.1, 0.15) is 0 Å². The van der Waals surface area contributed by atoms with Crippen molar-refractivity contribution in [2.24, 2.45) is 0 Å². The first-order valence-corrected chi connectivity index (χ1v) is 10.3. The predicted molar refractivity (Wildman–Crippen MR) is 108 cm³/mol. The standard InChI is InChI=1S/C21H24ClNO2S/c22-18-6-8-19(9-7-18)26-15-10-20(24)23-16-21(11-13-25-14-12-21)17-4-2-1-3-5-17/h1-9H,10-16H2,(H,23,24). The topological polar surface area (TPSA) is 38.3 Å². The number of hydrogen-bond acceptors (Lipinski definition) is 3. The van der Waals surface area contributed by atoms with Gasteiger partial charge in [0, 0.05) is 47.3 Å². The third-order valence-corrected chi connectivity index (χ3v) is 6.14. The van der Waals surface area contributed by atoms with Crippen molar-refractivity contribution < 1.29 is 9.53 Å². The quantitative estimate of drug-likeness (QED) is 0.698. The Hall–Kier alpha value is -1.49. The molecular weight excluding hydrogens is 366 g/mol. The fraction of sp³-hybridized carbons (Fsp3) is 0.381. The maximum absolute atomic E-state index is 12.3. The minimum absolute atomic E-state index is 0.0154. The number of hydrogen-bond donors (Lipinski definition) is 1. The molecule has 1 aliphatic rings. The third kappa shape index (κ3) is 5.26. The number of carbonyl (C=O) groups excluding carboxylic acids is 1. The smallest absolute Gasteiger partial charge is 0.220 e. The summed E-state index contributed by atoms with van der Waals surface area (Å²) < 4.78 is 5.55. The Morgan fingerprint density at radius 1 is 1.08 bits per heavy atom. The average Bonchev–Trinajstić information content (AvgIpc) is 2.69. The number of thioether (sulfide) groups is 1. The number of benzene rings is 2. The van der Waals surface area contributed by atoms with Gasteiger partial charge >= 0.3 is 0 Å². The fourth-order valence-corrected chi connectivity index (χ4v) is 4.25. The highest BCUT2D eigenvalue weighted by molar-refractivity contribution is 7.99. The number of carbonyl (C=O) groups is 1. The molecule has 1 N–H and O–H groups in total. The van der Waals surface area contributed by atoms with Crippen LogP contribution < -0.4 is 5.32 Å². The van der Waals surface area contributed by atoms with Crippen molar-refractivity contribution in [2.75, 3.05) is 25.5 Å². The molecule has 0 spiro atoms. The van der Waals surface area contributed by atoms with Crippen molar-refractivity contribution in [2.45, 2.75) is 29.6 Å². The number of amides is 1. The highest BCUT2D eigenvalue weighted by atomic mass is 35.5. The zero-order valence-corrected chi connectivity index (χ0v) is 16.3. The van der Waals surface area contributed by atoms with Gasteiger partial charge in [-0.25, -0.2) is 0 Å². The van der Waals surface area contributed by atoms with E-state index in [2.05, 4.69) is 29.6 Å². The SMILES string of the molecule is O=C(CCSc1ccc(Cl)cc1)NCC1(c2ccccc2)CCOCC1. The van der Waals surface area contributed by atoms with Crippen molar-refractivity contribution >= 4 is 29.3 Å². The van der Waals surface area contributed by atoms with Crippen LogP contribution in [0.4, 0.5) is 0 Å². The van der Waals surface area contributed by atoms with Crippen LogP contribution in [0.2, 0.25) is 5.02 Å². The van der Waals surface area contributed by atoms with Gasteiger partial charge in [0.2, 0.25) is 5.91 Å². The van der Waals surface area contributed by atoms with Gasteiger partial charge < -0.3 is 10.1 Å². The molecule has 1 aliphatic heterocycles. The Morgan fingerprint density at radius 3 is 2.46 bits per heavy atom. The molecular formula is C21H24ClNO2S. The van der Waals surface area contributed by atoms with E-state index in [4.69, 9.17) is 16.3 Å². The van der Waals surface area contributed by atoms with Crippen molar-refractivity contribution in [1.82, 2.24) is 5.32 Å². The summed E-state index contributed by atoms with van der Waals surface area (Å²) in [6.07, 6.45) is 2.39. The van der Waals surface area contributed by atoms with Gasteiger partial charge in [-0.3, -0.25) is 4.79 Å². The molecule has 0 aromatic heterocycles. The first kappa shape index (κ1) is 19.3. The van der Waals surface area contributed by atoms with Crippen LogP contribution >= 0.6 is 23.4 Å². The van der Waals surface area contributed by atoms with Crippen LogP contribution in [0.1, 0.15) is 24.8 Å². The largest absolute Gasteiger partial charge is 0.381 e. The second kappa shape index (κ2) is 9.45. The molecule has 0 aliphatic carbocycles. The van der Waals surface area contributed by atoms with Gasteiger partial charge in [0.05, 0.1) is 0 Å². The lowest BCUT2D eigenvalue weighted by atomic mass is 9.74. The molecule has 1 heterocycles. The van der Waals surface area contributed by atoms with Crippen LogP contribution in [0, 0.1) is 0 Å². The number of halogens is 1. The molecule has 26 heavy (non-hydrogen) atoms. The molecule has 2 aromatic carbocycles. The van der Waals surface area contributed by atoms with Crippen molar-refractivity contribution in [1.29, 1.82) is 0 Å². The lowest BCUT2D eigenvalue weighted by Gasteiger charge is -2.38. The normalized spacial score (nSPS) is 16.2. The number of rotatable bonds is 7. The Labute approximate surface area is 164 Å². The first-order chi connectivity index (χ1) is 12.7. The van der Waals surface area contributed by atoms with E-state index in [1.54, 1.807) is 11.8 Å². The highest BCUT2D eigenvalue weighted by Gasteiger charge is 2.34. The van der Waals surface area contributed by atoms with E-state index in [9.17, 15) is 4.79 Å². The molecule has 1 fully saturated rings. The van der Waals surface area contributed by atoms with E-state index in [0.717, 1.165) is 41.7 Å². The second-order valence-electron chi connectivity index (χ2n) is 6.59. The molecule has 138 valence electrons. The zero-order valence-electron chi connectivity index (χ0n) is 14.7. The summed E-state index contributed by atoms with van der Waals surface area (Å²) in [5, 5.41) is 3.89. The summed E-state index contributed by atoms with van der Waals surface area (Å²) in [5.41, 5.74) is 1.28. The van der Waals surface area contributed by atoms with E-state index >= 15 is 0 Å². The van der Waals surface area contributed by atoms with E-state index in [-0.39, 0.29) is 11.3 Å². The molecule has 3 nitrogen and oxygen atoms in total. The first-order valence-electron chi connectivity index (χ1n) is 8.96. The van der Waals surface area contributed by atoms with Crippen molar-refractivity contribution in [3.63, 3.8) is 0 Å². The number of ether oxygens (including phenoxy) is 1. The number of nitrogens with one attached hydrogen (secondary N) is 1. The maximum atomic E-state index is 12.3. The Bertz CT molecular complexity index is 700. The monoisotopic (exact) mass is 389 g/mol. The molecule has 0 atom stereocenters. The van der Waals surface area contributed by atoms with Gasteiger partial charge in [-0.1, -0.05) is 41.9 Å². The second-order valence-corrected chi connectivity index (χ2v) is 8.19. The molecule has 2 aromatic rings. The molecule has 0 unspecified atom stereocenters. The molecule has 0 radical (unpaired) electrons. The molecule has 5 heteroatoms. The van der Waals surface area contributed by atoms with Crippen LogP contribution in [0.25, 0.3) is 0 Å². The molecule has 1 saturated heterocycles. The molecule has 3 rings (SSSR count). The van der Waals surface area contributed by atoms with E-state index in [0.29, 0.717) is 13.0 Å². The summed E-state index contributed by atoms with van der Waals surface area (Å²) >= 11 is 7.57. The van der Waals surface area contributed by atoms with Gasteiger partial charge in [0.25, 0.3) is 0 Å². The van der Waals surface area contributed by atoms with Crippen LogP contribution in [0.5, 0.6) is 0 Å². The van der Waals surface area contributed by atoms with E-state index < -0.39 is 0 Å². The van der Waals surface area contributed by atoms with Crippen LogP contribution in [-0.4, -0.2) is 31.4 Å². The Morgan fingerprint density at radius 2 is 1.77 bits per heavy atom. The Kier molecular flexibility index (Phi) is 7.00. The zero-order chi connectivity index (χ0) is 18.2. The lowest BCUT2D eigenvalue weighted by molar-refractivity contribution is -0.121.